The zero-order valence-electron chi connectivity index (χ0n) is 11.2. The molecular formula is C12H16N2O5S. The Kier molecular flexibility index (Phi) is 4.39. The number of aromatic nitrogens is 2. The van der Waals surface area contributed by atoms with Crippen LogP contribution in [0.4, 0.5) is 0 Å². The number of hydrogen-bond donors (Lipinski definition) is 3. The van der Waals surface area contributed by atoms with E-state index in [1.807, 2.05) is 0 Å². The molecule has 20 heavy (non-hydrogen) atoms. The van der Waals surface area contributed by atoms with Gasteiger partial charge in [0.15, 0.2) is 6.29 Å². The number of H-pyrrole nitrogens is 1. The van der Waals surface area contributed by atoms with Crippen LogP contribution in [0, 0.1) is 6.92 Å². The van der Waals surface area contributed by atoms with Gasteiger partial charge in [-0.15, -0.1) is 11.3 Å². The molecule has 110 valence electrons. The topological polar surface area (TPSA) is 105 Å². The fraction of sp³-hybridized carbons (Fsp3) is 0.500. The van der Waals surface area contributed by atoms with Crippen molar-refractivity contribution in [3.05, 3.63) is 31.3 Å². The maximum absolute atomic E-state index is 12.3. The lowest BCUT2D eigenvalue weighted by Gasteiger charge is -2.08. The lowest BCUT2D eigenvalue weighted by Crippen LogP contribution is -2.35. The third-order valence-corrected chi connectivity index (χ3v) is 4.22. The average Bonchev–Trinajstić information content (AvgIpc) is 2.72. The molecule has 1 atom stereocenters. The highest BCUT2D eigenvalue weighted by Gasteiger charge is 2.20. The third-order valence-electron chi connectivity index (χ3n) is 2.98. The molecule has 2 aromatic heterocycles. The van der Waals surface area contributed by atoms with Gasteiger partial charge in [0.2, 0.25) is 0 Å². The summed E-state index contributed by atoms with van der Waals surface area (Å²) in [5, 5.41) is 19.1. The Morgan fingerprint density at radius 1 is 1.45 bits per heavy atom. The normalized spacial score (nSPS) is 13.0. The molecule has 2 rings (SSSR count). The first-order valence-electron chi connectivity index (χ1n) is 6.17. The number of hydrogen-bond acceptors (Lipinski definition) is 6. The molecular weight excluding hydrogens is 284 g/mol. The molecule has 0 saturated heterocycles. The molecule has 0 radical (unpaired) electrons. The average molecular weight is 300 g/mol. The number of aryl methyl sites for hydroxylation is 1. The summed E-state index contributed by atoms with van der Waals surface area (Å²) in [5.41, 5.74) is -0.462. The van der Waals surface area contributed by atoms with Crippen molar-refractivity contribution in [3.63, 3.8) is 0 Å². The van der Waals surface area contributed by atoms with Crippen molar-refractivity contribution in [2.75, 3.05) is 13.2 Å². The Morgan fingerprint density at radius 2 is 2.15 bits per heavy atom. The zero-order chi connectivity index (χ0) is 14.9. The SMILES string of the molecule is CCOC(O)c1sc2[nH]c(=O)n(CCO)c(=O)c2c1C. The molecule has 0 aromatic carbocycles. The number of nitrogens with zero attached hydrogens (tertiary/aromatic N) is 1. The van der Waals surface area contributed by atoms with Gasteiger partial charge >= 0.3 is 5.69 Å². The lowest BCUT2D eigenvalue weighted by atomic mass is 10.2. The van der Waals surface area contributed by atoms with Crippen LogP contribution in [0.1, 0.15) is 23.7 Å². The lowest BCUT2D eigenvalue weighted by molar-refractivity contribution is -0.0958. The summed E-state index contributed by atoms with van der Waals surface area (Å²) < 4.78 is 6.05. The molecule has 0 aliphatic heterocycles. The first-order valence-corrected chi connectivity index (χ1v) is 6.99. The van der Waals surface area contributed by atoms with E-state index in [0.717, 1.165) is 15.9 Å². The van der Waals surface area contributed by atoms with Gasteiger partial charge in [0.1, 0.15) is 4.83 Å². The minimum absolute atomic E-state index is 0.0667. The van der Waals surface area contributed by atoms with Gasteiger partial charge in [0.05, 0.1) is 23.4 Å². The Morgan fingerprint density at radius 3 is 2.75 bits per heavy atom. The maximum Gasteiger partial charge on any atom is 0.329 e. The van der Waals surface area contributed by atoms with Crippen LogP contribution in [0.25, 0.3) is 10.2 Å². The fourth-order valence-electron chi connectivity index (χ4n) is 2.04. The molecule has 0 saturated carbocycles. The smallest absolute Gasteiger partial charge is 0.329 e. The number of aliphatic hydroxyl groups excluding tert-OH is 2. The number of aliphatic hydroxyl groups is 2. The summed E-state index contributed by atoms with van der Waals surface area (Å²) in [6.07, 6.45) is -1.12. The van der Waals surface area contributed by atoms with Crippen molar-refractivity contribution in [3.8, 4) is 0 Å². The Hall–Kier alpha value is -1.48. The molecule has 3 N–H and O–H groups in total. The first kappa shape index (κ1) is 14.9. The van der Waals surface area contributed by atoms with Crippen molar-refractivity contribution in [1.29, 1.82) is 0 Å². The molecule has 2 aromatic rings. The second kappa shape index (κ2) is 5.88. The van der Waals surface area contributed by atoms with Gasteiger partial charge in [-0.3, -0.25) is 14.3 Å². The van der Waals surface area contributed by atoms with Crippen molar-refractivity contribution in [2.24, 2.45) is 0 Å². The molecule has 0 amide bonds. The largest absolute Gasteiger partial charge is 0.395 e. The number of ether oxygens (including phenoxy) is 1. The van der Waals surface area contributed by atoms with Gasteiger partial charge in [0, 0.05) is 6.61 Å². The molecule has 1 unspecified atom stereocenters. The van der Waals surface area contributed by atoms with Crippen LogP contribution < -0.4 is 11.2 Å². The van der Waals surface area contributed by atoms with E-state index in [-0.39, 0.29) is 13.2 Å². The zero-order valence-corrected chi connectivity index (χ0v) is 12.0. The molecule has 8 heteroatoms. The van der Waals surface area contributed by atoms with Crippen LogP contribution in [-0.2, 0) is 11.3 Å². The van der Waals surface area contributed by atoms with E-state index in [0.29, 0.717) is 27.3 Å². The number of thiophene rings is 1. The second-order valence-corrected chi connectivity index (χ2v) is 5.27. The molecule has 2 heterocycles. The number of fused-ring (bicyclic) bond motifs is 1. The van der Waals surface area contributed by atoms with Crippen LogP contribution in [0.15, 0.2) is 9.59 Å². The van der Waals surface area contributed by atoms with E-state index in [1.54, 1.807) is 13.8 Å². The monoisotopic (exact) mass is 300 g/mol. The van der Waals surface area contributed by atoms with Gasteiger partial charge in [0.25, 0.3) is 5.56 Å². The van der Waals surface area contributed by atoms with E-state index in [9.17, 15) is 14.7 Å². The summed E-state index contributed by atoms with van der Waals surface area (Å²) in [6, 6.07) is 0. The van der Waals surface area contributed by atoms with Crippen molar-refractivity contribution < 1.29 is 14.9 Å². The predicted molar refractivity (Wildman–Crippen MR) is 75.1 cm³/mol. The highest BCUT2D eigenvalue weighted by Crippen LogP contribution is 2.31. The number of aromatic amines is 1. The van der Waals surface area contributed by atoms with Crippen molar-refractivity contribution >= 4 is 21.6 Å². The molecule has 0 fully saturated rings. The predicted octanol–water partition coefficient (Wildman–Crippen LogP) is 0.0794. The fourth-order valence-corrected chi connectivity index (χ4v) is 3.17. The van der Waals surface area contributed by atoms with Gasteiger partial charge in [-0.1, -0.05) is 0 Å². The molecule has 7 nitrogen and oxygen atoms in total. The van der Waals surface area contributed by atoms with Crippen LogP contribution in [0.5, 0.6) is 0 Å². The van der Waals surface area contributed by atoms with E-state index in [1.165, 1.54) is 0 Å². The summed E-state index contributed by atoms with van der Waals surface area (Å²) in [7, 11) is 0. The quantitative estimate of drug-likeness (QED) is 0.678. The minimum atomic E-state index is -1.12. The van der Waals surface area contributed by atoms with Gasteiger partial charge in [-0.2, -0.15) is 0 Å². The first-order chi connectivity index (χ1) is 9.51. The van der Waals surface area contributed by atoms with Crippen LogP contribution >= 0.6 is 11.3 Å². The second-order valence-electron chi connectivity index (χ2n) is 4.21. The Bertz CT molecular complexity index is 730. The standard InChI is InChI=1S/C12H16N2O5S/c1-3-19-11(17)8-6(2)7-9(20-8)13-12(18)14(4-5-15)10(7)16/h11,15,17H,3-5H2,1-2H3,(H,13,18). The van der Waals surface area contributed by atoms with Gasteiger partial charge < -0.3 is 14.9 Å². The summed E-state index contributed by atoms with van der Waals surface area (Å²) in [5.74, 6) is 0. The van der Waals surface area contributed by atoms with Gasteiger partial charge in [-0.05, 0) is 19.4 Å². The van der Waals surface area contributed by atoms with Gasteiger partial charge in [-0.25, -0.2) is 4.79 Å². The molecule has 0 aliphatic rings. The van der Waals surface area contributed by atoms with E-state index in [2.05, 4.69) is 4.98 Å². The molecule has 0 spiro atoms. The highest BCUT2D eigenvalue weighted by molar-refractivity contribution is 7.18. The van der Waals surface area contributed by atoms with Crippen LogP contribution in [0.2, 0.25) is 0 Å². The Labute approximate surface area is 118 Å². The minimum Gasteiger partial charge on any atom is -0.395 e. The molecule has 0 bridgehead atoms. The van der Waals surface area contributed by atoms with Crippen LogP contribution in [0.3, 0.4) is 0 Å². The Balaban J connectivity index is 2.69. The van der Waals surface area contributed by atoms with E-state index >= 15 is 0 Å². The summed E-state index contributed by atoms with van der Waals surface area (Å²) in [4.78, 5) is 27.5. The van der Waals surface area contributed by atoms with E-state index < -0.39 is 17.5 Å². The highest BCUT2D eigenvalue weighted by atomic mass is 32.1. The summed E-state index contributed by atoms with van der Waals surface area (Å²) >= 11 is 1.12. The summed E-state index contributed by atoms with van der Waals surface area (Å²) in [6.45, 7) is 3.41. The van der Waals surface area contributed by atoms with Crippen LogP contribution in [-0.4, -0.2) is 33.0 Å². The third kappa shape index (κ3) is 2.42. The maximum atomic E-state index is 12.3. The van der Waals surface area contributed by atoms with E-state index in [4.69, 9.17) is 9.84 Å². The number of rotatable bonds is 5. The van der Waals surface area contributed by atoms with Crippen molar-refractivity contribution in [2.45, 2.75) is 26.7 Å². The molecule has 0 aliphatic carbocycles. The van der Waals surface area contributed by atoms with Crippen molar-refractivity contribution in [1.82, 2.24) is 9.55 Å². The number of nitrogens with one attached hydrogen (secondary N) is 1.